The van der Waals surface area contributed by atoms with E-state index in [0.717, 1.165) is 13.0 Å². The van der Waals surface area contributed by atoms with Crippen molar-refractivity contribution in [2.24, 2.45) is 5.73 Å². The monoisotopic (exact) mass is 204 g/mol. The number of likely N-dealkylation sites (N-methyl/N-ethyl adjacent to an activating group) is 1. The molecule has 0 aliphatic carbocycles. The number of benzene rings is 1. The van der Waals surface area contributed by atoms with Crippen LogP contribution in [0.25, 0.3) is 0 Å². The van der Waals surface area contributed by atoms with Gasteiger partial charge in [0.05, 0.1) is 0 Å². The maximum Gasteiger partial charge on any atom is 0.0414 e. The molecule has 0 saturated carbocycles. The molecule has 0 bridgehead atoms. The summed E-state index contributed by atoms with van der Waals surface area (Å²) in [5.41, 5.74) is 8.49. The summed E-state index contributed by atoms with van der Waals surface area (Å²) in [4.78, 5) is 2.16. The van der Waals surface area contributed by atoms with Crippen LogP contribution in [0, 0.1) is 0 Å². The summed E-state index contributed by atoms with van der Waals surface area (Å²) in [5.74, 6) is 0. The van der Waals surface area contributed by atoms with E-state index in [1.54, 1.807) is 0 Å². The van der Waals surface area contributed by atoms with Gasteiger partial charge < -0.3 is 10.6 Å². The lowest BCUT2D eigenvalue weighted by Gasteiger charge is -2.23. The van der Waals surface area contributed by atoms with Gasteiger partial charge >= 0.3 is 0 Å². The fourth-order valence-corrected chi connectivity index (χ4v) is 1.66. The highest BCUT2D eigenvalue weighted by atomic mass is 15.1. The predicted molar refractivity (Wildman–Crippen MR) is 67.1 cm³/mol. The van der Waals surface area contributed by atoms with Crippen molar-refractivity contribution in [2.75, 3.05) is 18.5 Å². The summed E-state index contributed by atoms with van der Waals surface area (Å²) < 4.78 is 0. The van der Waals surface area contributed by atoms with Gasteiger partial charge in [-0.2, -0.15) is 0 Å². The molecule has 1 atom stereocenters. The number of hydrogen-bond donors (Lipinski definition) is 1. The zero-order chi connectivity index (χ0) is 11.3. The van der Waals surface area contributed by atoms with Crippen molar-refractivity contribution in [3.05, 3.63) is 42.5 Å². The van der Waals surface area contributed by atoms with E-state index in [9.17, 15) is 0 Å². The molecule has 2 nitrogen and oxygen atoms in total. The maximum absolute atomic E-state index is 6.08. The molecule has 1 rings (SSSR count). The number of hydrogen-bond acceptors (Lipinski definition) is 2. The Morgan fingerprint density at radius 1 is 1.47 bits per heavy atom. The summed E-state index contributed by atoms with van der Waals surface area (Å²) >= 11 is 0. The van der Waals surface area contributed by atoms with Gasteiger partial charge in [-0.15, -0.1) is 6.58 Å². The molecule has 0 amide bonds. The molecule has 0 fully saturated rings. The molecule has 82 valence electrons. The standard InChI is InChI=1S/C13H20N2/c1-4-10-15(3)13-9-7-6-8-11(13)12(14)5-2/h4,6-9,12H,1,5,10,14H2,2-3H3/t12-/m1/s1. The van der Waals surface area contributed by atoms with Crippen LogP contribution in [0.3, 0.4) is 0 Å². The summed E-state index contributed by atoms with van der Waals surface area (Å²) in [6, 6.07) is 8.41. The van der Waals surface area contributed by atoms with Crippen molar-refractivity contribution in [3.63, 3.8) is 0 Å². The van der Waals surface area contributed by atoms with Crippen LogP contribution in [0.5, 0.6) is 0 Å². The summed E-state index contributed by atoms with van der Waals surface area (Å²) in [6.45, 7) is 6.69. The number of nitrogens with two attached hydrogens (primary N) is 1. The molecule has 0 radical (unpaired) electrons. The number of rotatable bonds is 5. The Labute approximate surface area is 92.4 Å². The van der Waals surface area contributed by atoms with Crippen molar-refractivity contribution < 1.29 is 0 Å². The van der Waals surface area contributed by atoms with Gasteiger partial charge in [-0.25, -0.2) is 0 Å². The molecule has 15 heavy (non-hydrogen) atoms. The molecule has 1 aromatic rings. The van der Waals surface area contributed by atoms with Crippen molar-refractivity contribution in [1.29, 1.82) is 0 Å². The fraction of sp³-hybridized carbons (Fsp3) is 0.385. The maximum atomic E-state index is 6.08. The Balaban J connectivity index is 2.99. The molecule has 0 aromatic heterocycles. The highest BCUT2D eigenvalue weighted by Gasteiger charge is 2.10. The van der Waals surface area contributed by atoms with E-state index in [1.807, 2.05) is 18.2 Å². The molecule has 2 heteroatoms. The lowest BCUT2D eigenvalue weighted by Crippen LogP contribution is -2.21. The largest absolute Gasteiger partial charge is 0.371 e. The van der Waals surface area contributed by atoms with E-state index in [2.05, 4.69) is 37.6 Å². The Kier molecular flexibility index (Phi) is 4.37. The first-order chi connectivity index (χ1) is 7.20. The second kappa shape index (κ2) is 5.56. The van der Waals surface area contributed by atoms with Gasteiger partial charge in [-0.1, -0.05) is 31.2 Å². The van der Waals surface area contributed by atoms with E-state index in [4.69, 9.17) is 5.73 Å². The minimum Gasteiger partial charge on any atom is -0.371 e. The van der Waals surface area contributed by atoms with Crippen LogP contribution < -0.4 is 10.6 Å². The molecule has 0 spiro atoms. The minimum absolute atomic E-state index is 0.119. The highest BCUT2D eigenvalue weighted by Crippen LogP contribution is 2.25. The van der Waals surface area contributed by atoms with Crippen molar-refractivity contribution in [2.45, 2.75) is 19.4 Å². The molecule has 0 unspecified atom stereocenters. The summed E-state index contributed by atoms with van der Waals surface area (Å²) in [5, 5.41) is 0. The second-order valence-corrected chi connectivity index (χ2v) is 3.74. The summed E-state index contributed by atoms with van der Waals surface area (Å²) in [7, 11) is 2.06. The molecular formula is C13H20N2. The number of para-hydroxylation sites is 1. The Morgan fingerprint density at radius 2 is 2.13 bits per heavy atom. The average Bonchev–Trinajstić information content (AvgIpc) is 2.28. The SMILES string of the molecule is C=CCN(C)c1ccccc1[C@H](N)CC. The summed E-state index contributed by atoms with van der Waals surface area (Å²) in [6.07, 6.45) is 2.85. The molecule has 1 aromatic carbocycles. The average molecular weight is 204 g/mol. The van der Waals surface area contributed by atoms with E-state index in [0.29, 0.717) is 0 Å². The van der Waals surface area contributed by atoms with Gasteiger partial charge in [-0.3, -0.25) is 0 Å². The lowest BCUT2D eigenvalue weighted by atomic mass is 10.0. The van der Waals surface area contributed by atoms with Crippen LogP contribution in [-0.2, 0) is 0 Å². The van der Waals surface area contributed by atoms with Crippen LogP contribution in [0.15, 0.2) is 36.9 Å². The fourth-order valence-electron chi connectivity index (χ4n) is 1.66. The number of anilines is 1. The Bertz CT molecular complexity index is 320. The number of nitrogens with zero attached hydrogens (tertiary/aromatic N) is 1. The van der Waals surface area contributed by atoms with Crippen molar-refractivity contribution in [1.82, 2.24) is 0 Å². The smallest absolute Gasteiger partial charge is 0.0414 e. The van der Waals surface area contributed by atoms with Crippen LogP contribution >= 0.6 is 0 Å². The van der Waals surface area contributed by atoms with Crippen molar-refractivity contribution in [3.8, 4) is 0 Å². The van der Waals surface area contributed by atoms with Gasteiger partial charge in [0.15, 0.2) is 0 Å². The topological polar surface area (TPSA) is 29.3 Å². The zero-order valence-corrected chi connectivity index (χ0v) is 9.61. The van der Waals surface area contributed by atoms with Crippen LogP contribution in [-0.4, -0.2) is 13.6 Å². The highest BCUT2D eigenvalue weighted by molar-refractivity contribution is 5.54. The van der Waals surface area contributed by atoms with E-state index in [1.165, 1.54) is 11.3 Å². The lowest BCUT2D eigenvalue weighted by molar-refractivity contribution is 0.696. The third-order valence-corrected chi connectivity index (χ3v) is 2.59. The van der Waals surface area contributed by atoms with Gasteiger partial charge in [0.1, 0.15) is 0 Å². The normalized spacial score (nSPS) is 12.2. The quantitative estimate of drug-likeness (QED) is 0.747. The Hall–Kier alpha value is -1.28. The van der Waals surface area contributed by atoms with Gasteiger partial charge in [0, 0.05) is 25.3 Å². The van der Waals surface area contributed by atoms with E-state index in [-0.39, 0.29) is 6.04 Å². The molecule has 0 aliphatic heterocycles. The van der Waals surface area contributed by atoms with Crippen LogP contribution in [0.2, 0.25) is 0 Å². The van der Waals surface area contributed by atoms with Gasteiger partial charge in [0.25, 0.3) is 0 Å². The molecule has 2 N–H and O–H groups in total. The third kappa shape index (κ3) is 2.83. The van der Waals surface area contributed by atoms with Gasteiger partial charge in [0.2, 0.25) is 0 Å². The first kappa shape index (κ1) is 11.8. The second-order valence-electron chi connectivity index (χ2n) is 3.74. The first-order valence-electron chi connectivity index (χ1n) is 5.37. The van der Waals surface area contributed by atoms with Crippen LogP contribution in [0.4, 0.5) is 5.69 Å². The van der Waals surface area contributed by atoms with Gasteiger partial charge in [-0.05, 0) is 18.1 Å². The first-order valence-corrected chi connectivity index (χ1v) is 5.37. The molecule has 0 heterocycles. The van der Waals surface area contributed by atoms with Crippen LogP contribution in [0.1, 0.15) is 24.9 Å². The minimum atomic E-state index is 0.119. The molecular weight excluding hydrogens is 184 g/mol. The van der Waals surface area contributed by atoms with Crippen molar-refractivity contribution >= 4 is 5.69 Å². The molecule has 0 aliphatic rings. The third-order valence-electron chi connectivity index (χ3n) is 2.59. The van der Waals surface area contributed by atoms with E-state index < -0.39 is 0 Å². The Morgan fingerprint density at radius 3 is 2.73 bits per heavy atom. The van der Waals surface area contributed by atoms with E-state index >= 15 is 0 Å². The molecule has 0 saturated heterocycles. The predicted octanol–water partition coefficient (Wildman–Crippen LogP) is 2.72. The zero-order valence-electron chi connectivity index (χ0n) is 9.61.